The molecule has 1 aromatic rings. The maximum atomic E-state index is 12.6. The van der Waals surface area contributed by atoms with Crippen molar-refractivity contribution in [3.8, 4) is 11.5 Å². The molecule has 0 saturated carbocycles. The van der Waals surface area contributed by atoms with Gasteiger partial charge in [-0.05, 0) is 6.92 Å². The first-order valence-corrected chi connectivity index (χ1v) is 8.23. The quantitative estimate of drug-likeness (QED) is 0.619. The van der Waals surface area contributed by atoms with E-state index in [-0.39, 0.29) is 23.0 Å². The van der Waals surface area contributed by atoms with Crippen LogP contribution in [0.3, 0.4) is 0 Å². The van der Waals surface area contributed by atoms with Gasteiger partial charge in [-0.2, -0.15) is 0 Å². The Morgan fingerprint density at radius 3 is 2.52 bits per heavy atom. The van der Waals surface area contributed by atoms with Crippen LogP contribution in [0, 0.1) is 10.1 Å². The van der Waals surface area contributed by atoms with Crippen molar-refractivity contribution in [3.05, 3.63) is 27.8 Å². The lowest BCUT2D eigenvalue weighted by molar-refractivity contribution is -0.385. The Labute approximate surface area is 145 Å². The smallest absolute Gasteiger partial charge is 0.286 e. The molecule has 0 radical (unpaired) electrons. The second-order valence-electron chi connectivity index (χ2n) is 6.06. The summed E-state index contributed by atoms with van der Waals surface area (Å²) in [7, 11) is 0. The van der Waals surface area contributed by atoms with Gasteiger partial charge in [0.15, 0.2) is 11.5 Å². The maximum absolute atomic E-state index is 12.6. The van der Waals surface area contributed by atoms with E-state index in [4.69, 9.17) is 14.2 Å². The van der Waals surface area contributed by atoms with Crippen LogP contribution in [-0.2, 0) is 4.74 Å². The van der Waals surface area contributed by atoms with Crippen molar-refractivity contribution >= 4 is 11.6 Å². The highest BCUT2D eigenvalue weighted by Crippen LogP contribution is 2.36. The number of hydrogen-bond donors (Lipinski definition) is 1. The van der Waals surface area contributed by atoms with Crippen LogP contribution in [0.1, 0.15) is 17.3 Å². The van der Waals surface area contributed by atoms with Gasteiger partial charge >= 0.3 is 0 Å². The molecule has 3 rings (SSSR count). The topological polar surface area (TPSA) is 103 Å². The van der Waals surface area contributed by atoms with Crippen LogP contribution in [0.5, 0.6) is 11.5 Å². The SMILES string of the molecule is CC(CN1CCOCC1)NC(=O)c1cc2c(cc1[N+](=O)[O-])OCCO2. The number of hydrogen-bond acceptors (Lipinski definition) is 7. The molecule has 0 aromatic heterocycles. The van der Waals surface area contributed by atoms with Gasteiger partial charge in [-0.3, -0.25) is 19.8 Å². The number of benzene rings is 1. The zero-order valence-electron chi connectivity index (χ0n) is 14.0. The van der Waals surface area contributed by atoms with Crippen molar-refractivity contribution in [1.82, 2.24) is 10.2 Å². The minimum atomic E-state index is -0.584. The minimum absolute atomic E-state index is 0.0249. The van der Waals surface area contributed by atoms with Crippen molar-refractivity contribution in [2.24, 2.45) is 0 Å². The molecule has 1 saturated heterocycles. The van der Waals surface area contributed by atoms with Gasteiger partial charge in [0, 0.05) is 31.7 Å². The van der Waals surface area contributed by atoms with Gasteiger partial charge in [0.2, 0.25) is 0 Å². The number of nitro benzene ring substituents is 1. The summed E-state index contributed by atoms with van der Waals surface area (Å²) in [5.41, 5.74) is -0.316. The highest BCUT2D eigenvalue weighted by Gasteiger charge is 2.27. The van der Waals surface area contributed by atoms with Crippen LogP contribution in [-0.4, -0.2) is 67.8 Å². The van der Waals surface area contributed by atoms with Gasteiger partial charge in [0.25, 0.3) is 11.6 Å². The van der Waals surface area contributed by atoms with Gasteiger partial charge in [-0.1, -0.05) is 0 Å². The third kappa shape index (κ3) is 4.18. The Kier molecular flexibility index (Phi) is 5.34. The van der Waals surface area contributed by atoms with Gasteiger partial charge in [0.05, 0.1) is 24.2 Å². The van der Waals surface area contributed by atoms with E-state index in [9.17, 15) is 14.9 Å². The summed E-state index contributed by atoms with van der Waals surface area (Å²) in [6.45, 7) is 6.17. The molecule has 1 aromatic carbocycles. The first-order valence-electron chi connectivity index (χ1n) is 8.23. The molecule has 0 aliphatic carbocycles. The van der Waals surface area contributed by atoms with E-state index >= 15 is 0 Å². The second-order valence-corrected chi connectivity index (χ2v) is 6.06. The summed E-state index contributed by atoms with van der Waals surface area (Å²) in [6.07, 6.45) is 0. The number of morpholine rings is 1. The molecule has 1 fully saturated rings. The van der Waals surface area contributed by atoms with Crippen LogP contribution < -0.4 is 14.8 Å². The Hall–Kier alpha value is -2.39. The number of nitrogens with one attached hydrogen (secondary N) is 1. The van der Waals surface area contributed by atoms with Gasteiger partial charge in [-0.25, -0.2) is 0 Å². The van der Waals surface area contributed by atoms with E-state index < -0.39 is 10.8 Å². The molecule has 2 heterocycles. The maximum Gasteiger partial charge on any atom is 0.286 e. The summed E-state index contributed by atoms with van der Waals surface area (Å²) >= 11 is 0. The summed E-state index contributed by atoms with van der Waals surface area (Å²) < 4.78 is 16.1. The van der Waals surface area contributed by atoms with Gasteiger partial charge in [-0.15, -0.1) is 0 Å². The number of carbonyl (C=O) groups is 1. The van der Waals surface area contributed by atoms with E-state index in [1.807, 2.05) is 6.92 Å². The summed E-state index contributed by atoms with van der Waals surface area (Å²) in [5, 5.41) is 14.1. The number of fused-ring (bicyclic) bond motifs is 1. The van der Waals surface area contributed by atoms with E-state index in [0.29, 0.717) is 38.7 Å². The molecular formula is C16H21N3O6. The lowest BCUT2D eigenvalue weighted by Crippen LogP contribution is -2.46. The zero-order chi connectivity index (χ0) is 17.8. The normalized spacial score (nSPS) is 18.4. The number of ether oxygens (including phenoxy) is 3. The molecule has 136 valence electrons. The molecule has 1 unspecified atom stereocenters. The second kappa shape index (κ2) is 7.66. The molecule has 0 bridgehead atoms. The standard InChI is InChI=1S/C16H21N3O6/c1-11(10-18-2-4-23-5-3-18)17-16(20)12-8-14-15(25-7-6-24-14)9-13(12)19(21)22/h8-9,11H,2-7,10H2,1H3,(H,17,20). The molecule has 1 atom stereocenters. The Bertz CT molecular complexity index is 660. The molecule has 2 aliphatic rings. The molecule has 2 aliphatic heterocycles. The lowest BCUT2D eigenvalue weighted by Gasteiger charge is -2.29. The van der Waals surface area contributed by atoms with Crippen molar-refractivity contribution in [3.63, 3.8) is 0 Å². The van der Waals surface area contributed by atoms with Crippen molar-refractivity contribution in [2.75, 3.05) is 46.1 Å². The third-order valence-corrected chi connectivity index (χ3v) is 4.12. The molecule has 9 nitrogen and oxygen atoms in total. The van der Waals surface area contributed by atoms with Gasteiger partial charge < -0.3 is 19.5 Å². The van der Waals surface area contributed by atoms with Crippen LogP contribution in [0.15, 0.2) is 12.1 Å². The summed E-state index contributed by atoms with van der Waals surface area (Å²) in [6, 6.07) is 2.47. The molecule has 1 amide bonds. The monoisotopic (exact) mass is 351 g/mol. The zero-order valence-corrected chi connectivity index (χ0v) is 14.0. The number of rotatable bonds is 5. The first-order chi connectivity index (χ1) is 12.0. The van der Waals surface area contributed by atoms with Crippen LogP contribution >= 0.6 is 0 Å². The van der Waals surface area contributed by atoms with E-state index in [1.54, 1.807) is 0 Å². The largest absolute Gasteiger partial charge is 0.486 e. The average Bonchev–Trinajstić information content (AvgIpc) is 2.61. The van der Waals surface area contributed by atoms with Crippen molar-refractivity contribution < 1.29 is 23.9 Å². The summed E-state index contributed by atoms with van der Waals surface area (Å²) in [5.74, 6) is 0.142. The Balaban J connectivity index is 1.72. The first kappa shape index (κ1) is 17.4. The number of carbonyl (C=O) groups excluding carboxylic acids is 1. The molecule has 0 spiro atoms. The van der Waals surface area contributed by atoms with Crippen LogP contribution in [0.2, 0.25) is 0 Å². The van der Waals surface area contributed by atoms with Crippen LogP contribution in [0.25, 0.3) is 0 Å². The fourth-order valence-electron chi connectivity index (χ4n) is 2.93. The van der Waals surface area contributed by atoms with Crippen LogP contribution in [0.4, 0.5) is 5.69 Å². The predicted octanol–water partition coefficient (Wildman–Crippen LogP) is 0.816. The van der Waals surface area contributed by atoms with E-state index in [2.05, 4.69) is 10.2 Å². The predicted molar refractivity (Wildman–Crippen MR) is 88.3 cm³/mol. The Morgan fingerprint density at radius 1 is 1.24 bits per heavy atom. The molecule has 9 heteroatoms. The lowest BCUT2D eigenvalue weighted by atomic mass is 10.1. The number of amides is 1. The Morgan fingerprint density at radius 2 is 1.88 bits per heavy atom. The highest BCUT2D eigenvalue weighted by molar-refractivity contribution is 5.99. The average molecular weight is 351 g/mol. The molecule has 25 heavy (non-hydrogen) atoms. The van der Waals surface area contributed by atoms with E-state index in [0.717, 1.165) is 13.1 Å². The van der Waals surface area contributed by atoms with Gasteiger partial charge in [0.1, 0.15) is 18.8 Å². The van der Waals surface area contributed by atoms with E-state index in [1.165, 1.54) is 12.1 Å². The number of nitro groups is 1. The third-order valence-electron chi connectivity index (χ3n) is 4.12. The highest BCUT2D eigenvalue weighted by atomic mass is 16.6. The fraction of sp³-hybridized carbons (Fsp3) is 0.562. The van der Waals surface area contributed by atoms with Crippen molar-refractivity contribution in [1.29, 1.82) is 0 Å². The minimum Gasteiger partial charge on any atom is -0.486 e. The molecular weight excluding hydrogens is 330 g/mol. The van der Waals surface area contributed by atoms with Crippen molar-refractivity contribution in [2.45, 2.75) is 13.0 Å². The molecule has 1 N–H and O–H groups in total. The summed E-state index contributed by atoms with van der Waals surface area (Å²) in [4.78, 5) is 25.5. The fourth-order valence-corrected chi connectivity index (χ4v) is 2.93. The number of nitrogens with zero attached hydrogens (tertiary/aromatic N) is 2.